The summed E-state index contributed by atoms with van der Waals surface area (Å²) >= 11 is 0. The summed E-state index contributed by atoms with van der Waals surface area (Å²) in [6.07, 6.45) is 2.47. The summed E-state index contributed by atoms with van der Waals surface area (Å²) in [6, 6.07) is 5.28. The number of hydrogen-bond acceptors (Lipinski definition) is 6. The van der Waals surface area contributed by atoms with Gasteiger partial charge in [-0.3, -0.25) is 9.69 Å². The van der Waals surface area contributed by atoms with Crippen molar-refractivity contribution in [2.24, 2.45) is 5.92 Å². The van der Waals surface area contributed by atoms with Crippen molar-refractivity contribution in [2.45, 2.75) is 37.3 Å². The van der Waals surface area contributed by atoms with Crippen LogP contribution in [-0.4, -0.2) is 75.3 Å². The topological polar surface area (TPSA) is 113 Å². The van der Waals surface area contributed by atoms with Gasteiger partial charge in [0.25, 0.3) is 5.91 Å². The number of nitrogens with zero attached hydrogens (tertiary/aromatic N) is 1. The van der Waals surface area contributed by atoms with E-state index in [9.17, 15) is 29.6 Å². The first-order chi connectivity index (χ1) is 13.9. The van der Waals surface area contributed by atoms with Gasteiger partial charge >= 0.3 is 0 Å². The molecule has 1 unspecified atom stereocenters. The molecule has 3 rings (SSSR count). The lowest BCUT2D eigenvalue weighted by Crippen LogP contribution is -2.63. The van der Waals surface area contributed by atoms with Crippen LogP contribution in [0.15, 0.2) is 48.1 Å². The molecule has 29 heavy (non-hydrogen) atoms. The number of carbonyl (C=O) groups excluding carboxylic acids is 1. The standard InChI is InChI=1S/C21H27FN2O5/c22-16-7-3-13(4-8-16)9-23-21(29)15-5-1-14(2-6-15)10-24-11-18(26)20(28)19(27)17(24)12-25/h1,3-8,14,17-20,25-28H,2,9-12H2,(H,23,29)/t14?,17-,18-,19+,20+/m0/s1. The summed E-state index contributed by atoms with van der Waals surface area (Å²) in [5.74, 6) is -0.493. The first kappa shape index (κ1) is 21.6. The van der Waals surface area contributed by atoms with Crippen LogP contribution in [0.2, 0.25) is 0 Å². The van der Waals surface area contributed by atoms with Crippen molar-refractivity contribution < 1.29 is 29.6 Å². The van der Waals surface area contributed by atoms with E-state index in [2.05, 4.69) is 5.32 Å². The van der Waals surface area contributed by atoms with E-state index in [1.807, 2.05) is 12.2 Å². The van der Waals surface area contributed by atoms with Gasteiger partial charge in [0.2, 0.25) is 0 Å². The second-order valence-corrected chi connectivity index (χ2v) is 7.58. The molecule has 5 N–H and O–H groups in total. The Balaban J connectivity index is 1.51. The molecule has 2 aliphatic rings. The minimum atomic E-state index is -1.28. The van der Waals surface area contributed by atoms with Crippen LogP contribution >= 0.6 is 0 Å². The molecule has 158 valence electrons. The fourth-order valence-electron chi connectivity index (χ4n) is 3.74. The minimum absolute atomic E-state index is 0.0485. The molecule has 1 heterocycles. The van der Waals surface area contributed by atoms with Crippen LogP contribution in [0.3, 0.4) is 0 Å². The van der Waals surface area contributed by atoms with Crippen molar-refractivity contribution in [2.75, 3.05) is 19.7 Å². The first-order valence-corrected chi connectivity index (χ1v) is 9.69. The lowest BCUT2D eigenvalue weighted by molar-refractivity contribution is -0.146. The Bertz CT molecular complexity index is 767. The molecule has 0 aromatic heterocycles. The summed E-state index contributed by atoms with van der Waals surface area (Å²) in [5, 5.41) is 42.1. The highest BCUT2D eigenvalue weighted by atomic mass is 19.1. The summed E-state index contributed by atoms with van der Waals surface area (Å²) in [6.45, 7) is 0.609. The van der Waals surface area contributed by atoms with Gasteiger partial charge < -0.3 is 25.7 Å². The zero-order chi connectivity index (χ0) is 21.0. The van der Waals surface area contributed by atoms with Gasteiger partial charge in [-0.1, -0.05) is 30.4 Å². The molecular weight excluding hydrogens is 379 g/mol. The maximum Gasteiger partial charge on any atom is 0.251 e. The van der Waals surface area contributed by atoms with Crippen LogP contribution in [0.4, 0.5) is 4.39 Å². The normalized spacial score (nSPS) is 30.1. The van der Waals surface area contributed by atoms with Gasteiger partial charge in [-0.05, 0) is 30.0 Å². The number of likely N-dealkylation sites (tertiary alicyclic amines) is 1. The van der Waals surface area contributed by atoms with Gasteiger partial charge in [0.1, 0.15) is 18.0 Å². The molecule has 1 saturated heterocycles. The first-order valence-electron chi connectivity index (χ1n) is 9.69. The van der Waals surface area contributed by atoms with Crippen LogP contribution in [0.1, 0.15) is 12.0 Å². The molecule has 0 radical (unpaired) electrons. The van der Waals surface area contributed by atoms with E-state index in [-0.39, 0.29) is 30.8 Å². The smallest absolute Gasteiger partial charge is 0.251 e. The lowest BCUT2D eigenvalue weighted by Gasteiger charge is -2.44. The quantitative estimate of drug-likeness (QED) is 0.444. The number of benzene rings is 1. The molecule has 8 heteroatoms. The molecule has 1 fully saturated rings. The summed E-state index contributed by atoms with van der Waals surface area (Å²) in [7, 11) is 0. The number of rotatable bonds is 6. The molecule has 1 aromatic carbocycles. The third kappa shape index (κ3) is 5.29. The Hall–Kier alpha value is -2.10. The summed E-state index contributed by atoms with van der Waals surface area (Å²) in [5.41, 5.74) is 1.34. The zero-order valence-electron chi connectivity index (χ0n) is 16.0. The number of halogens is 1. The number of nitrogens with one attached hydrogen (secondary N) is 1. The lowest BCUT2D eigenvalue weighted by atomic mass is 9.90. The Morgan fingerprint density at radius 3 is 2.52 bits per heavy atom. The fourth-order valence-corrected chi connectivity index (χ4v) is 3.74. The van der Waals surface area contributed by atoms with E-state index in [1.165, 1.54) is 12.1 Å². The second kappa shape index (κ2) is 9.60. The van der Waals surface area contributed by atoms with Crippen LogP contribution in [-0.2, 0) is 11.3 Å². The molecule has 1 aromatic rings. The van der Waals surface area contributed by atoms with Gasteiger partial charge in [-0.15, -0.1) is 0 Å². The third-order valence-corrected chi connectivity index (χ3v) is 5.50. The van der Waals surface area contributed by atoms with Crippen molar-refractivity contribution in [3.05, 3.63) is 59.4 Å². The number of carbonyl (C=O) groups is 1. The monoisotopic (exact) mass is 406 g/mol. The van der Waals surface area contributed by atoms with E-state index >= 15 is 0 Å². The molecule has 0 saturated carbocycles. The van der Waals surface area contributed by atoms with Crippen LogP contribution in [0.25, 0.3) is 0 Å². The predicted octanol–water partition coefficient (Wildman–Crippen LogP) is -0.296. The second-order valence-electron chi connectivity index (χ2n) is 7.58. The largest absolute Gasteiger partial charge is 0.395 e. The highest BCUT2D eigenvalue weighted by Gasteiger charge is 2.41. The number of aliphatic hydroxyl groups is 4. The van der Waals surface area contributed by atoms with Gasteiger partial charge in [-0.2, -0.15) is 0 Å². The van der Waals surface area contributed by atoms with Crippen molar-refractivity contribution in [3.63, 3.8) is 0 Å². The fraction of sp³-hybridized carbons (Fsp3) is 0.476. The Morgan fingerprint density at radius 2 is 1.90 bits per heavy atom. The van der Waals surface area contributed by atoms with E-state index in [1.54, 1.807) is 23.1 Å². The number of allylic oxidation sites excluding steroid dienone is 1. The zero-order valence-corrected chi connectivity index (χ0v) is 16.0. The molecule has 1 amide bonds. The Labute approximate surface area is 168 Å². The van der Waals surface area contributed by atoms with E-state index in [0.717, 1.165) is 5.56 Å². The Morgan fingerprint density at radius 1 is 1.17 bits per heavy atom. The maximum atomic E-state index is 12.9. The summed E-state index contributed by atoms with van der Waals surface area (Å²) < 4.78 is 12.9. The van der Waals surface area contributed by atoms with Gasteiger partial charge in [-0.25, -0.2) is 4.39 Å². The number of aliphatic hydroxyl groups excluding tert-OH is 4. The highest BCUT2D eigenvalue weighted by Crippen LogP contribution is 2.24. The molecule has 5 atom stereocenters. The Kier molecular flexibility index (Phi) is 7.15. The van der Waals surface area contributed by atoms with E-state index in [4.69, 9.17) is 0 Å². The van der Waals surface area contributed by atoms with E-state index in [0.29, 0.717) is 25.1 Å². The molecule has 7 nitrogen and oxygen atoms in total. The highest BCUT2D eigenvalue weighted by molar-refractivity contribution is 5.96. The number of β-amino-alcohol motifs (C(OH)–C–C–N with tert-alkyl or cyclic N) is 1. The number of hydrogen-bond donors (Lipinski definition) is 5. The number of amides is 1. The van der Waals surface area contributed by atoms with Crippen molar-refractivity contribution in [3.8, 4) is 0 Å². The molecular formula is C21H27FN2O5. The SMILES string of the molecule is O=C(NCc1ccc(F)cc1)C1=CCC(CN2C[C@H](O)[C@@H](O)[C@H](O)[C@@H]2CO)C=C1. The molecule has 1 aliphatic carbocycles. The average Bonchev–Trinajstić information content (AvgIpc) is 2.72. The average molecular weight is 406 g/mol. The molecule has 0 bridgehead atoms. The van der Waals surface area contributed by atoms with Crippen LogP contribution < -0.4 is 5.32 Å². The van der Waals surface area contributed by atoms with Gasteiger partial charge in [0.05, 0.1) is 18.8 Å². The van der Waals surface area contributed by atoms with Crippen molar-refractivity contribution in [1.29, 1.82) is 0 Å². The van der Waals surface area contributed by atoms with Crippen molar-refractivity contribution in [1.82, 2.24) is 10.2 Å². The third-order valence-electron chi connectivity index (χ3n) is 5.50. The molecule has 0 spiro atoms. The number of piperidine rings is 1. The predicted molar refractivity (Wildman–Crippen MR) is 104 cm³/mol. The minimum Gasteiger partial charge on any atom is -0.395 e. The van der Waals surface area contributed by atoms with Gasteiger partial charge in [0, 0.05) is 25.2 Å². The molecule has 1 aliphatic heterocycles. The maximum absolute atomic E-state index is 12.9. The van der Waals surface area contributed by atoms with Crippen molar-refractivity contribution >= 4 is 5.91 Å². The summed E-state index contributed by atoms with van der Waals surface area (Å²) in [4.78, 5) is 14.1. The van der Waals surface area contributed by atoms with Crippen LogP contribution in [0.5, 0.6) is 0 Å². The van der Waals surface area contributed by atoms with E-state index < -0.39 is 24.4 Å². The van der Waals surface area contributed by atoms with Crippen LogP contribution in [0, 0.1) is 11.7 Å². The van der Waals surface area contributed by atoms with Gasteiger partial charge in [0.15, 0.2) is 0 Å².